The Bertz CT molecular complexity index is 839. The SMILES string of the molecule is [O-][S+](Cc1c(F)c(F)c(F)c(F)c1F)c1nc2cnccc2[nH]1. The van der Waals surface area contributed by atoms with E-state index < -0.39 is 51.6 Å². The topological polar surface area (TPSA) is 64.6 Å². The van der Waals surface area contributed by atoms with Gasteiger partial charge in [0.25, 0.3) is 0 Å². The number of hydrogen-bond donors (Lipinski definition) is 1. The normalized spacial score (nSPS) is 12.8. The summed E-state index contributed by atoms with van der Waals surface area (Å²) in [7, 11) is 0. The van der Waals surface area contributed by atoms with E-state index in [0.29, 0.717) is 11.0 Å². The summed E-state index contributed by atoms with van der Waals surface area (Å²) < 4.78 is 78.5. The maximum absolute atomic E-state index is 13.6. The maximum Gasteiger partial charge on any atom is 0.322 e. The maximum atomic E-state index is 13.6. The van der Waals surface area contributed by atoms with Gasteiger partial charge >= 0.3 is 5.16 Å². The van der Waals surface area contributed by atoms with Crippen molar-refractivity contribution in [3.05, 3.63) is 53.1 Å². The number of rotatable bonds is 3. The molecule has 2 heterocycles. The van der Waals surface area contributed by atoms with Crippen LogP contribution in [0.3, 0.4) is 0 Å². The van der Waals surface area contributed by atoms with Crippen LogP contribution in [0.25, 0.3) is 11.0 Å². The fourth-order valence-electron chi connectivity index (χ4n) is 1.92. The van der Waals surface area contributed by atoms with Crippen LogP contribution in [0.2, 0.25) is 0 Å². The Hall–Kier alpha value is -2.20. The Morgan fingerprint density at radius 1 is 1.00 bits per heavy atom. The lowest BCUT2D eigenvalue weighted by Crippen LogP contribution is -2.13. The smallest absolute Gasteiger partial charge is 0.322 e. The van der Waals surface area contributed by atoms with E-state index in [9.17, 15) is 26.5 Å². The molecule has 0 aliphatic rings. The third kappa shape index (κ3) is 2.63. The Balaban J connectivity index is 1.98. The minimum Gasteiger partial charge on any atom is -0.609 e. The van der Waals surface area contributed by atoms with Crippen LogP contribution in [0.15, 0.2) is 23.6 Å². The highest BCUT2D eigenvalue weighted by molar-refractivity contribution is 7.90. The zero-order chi connectivity index (χ0) is 16.7. The second kappa shape index (κ2) is 5.78. The second-order valence-electron chi connectivity index (χ2n) is 4.47. The van der Waals surface area contributed by atoms with Crippen LogP contribution in [0.1, 0.15) is 5.56 Å². The van der Waals surface area contributed by atoms with E-state index in [0.717, 1.165) is 0 Å². The zero-order valence-corrected chi connectivity index (χ0v) is 11.9. The van der Waals surface area contributed by atoms with Gasteiger partial charge < -0.3 is 4.55 Å². The molecule has 1 N–H and O–H groups in total. The number of aromatic nitrogens is 3. The standard InChI is InChI=1S/C13H6F5N3OS/c14-8-5(9(15)11(17)12(18)10(8)16)4-23(22)13-20-6-1-2-19-3-7(6)21-13/h1-3H,4H2,(H,20,21). The van der Waals surface area contributed by atoms with E-state index in [1.807, 2.05) is 0 Å². The van der Waals surface area contributed by atoms with Gasteiger partial charge in [-0.25, -0.2) is 22.0 Å². The van der Waals surface area contributed by atoms with Gasteiger partial charge in [0.2, 0.25) is 5.82 Å². The molecule has 0 aliphatic heterocycles. The molecule has 120 valence electrons. The number of hydrogen-bond acceptors (Lipinski definition) is 3. The molecule has 0 bridgehead atoms. The van der Waals surface area contributed by atoms with Gasteiger partial charge in [-0.15, -0.1) is 0 Å². The molecular weight excluding hydrogens is 341 g/mol. The van der Waals surface area contributed by atoms with Crippen molar-refractivity contribution in [2.45, 2.75) is 10.9 Å². The first-order valence-electron chi connectivity index (χ1n) is 6.08. The molecule has 0 fully saturated rings. The van der Waals surface area contributed by atoms with E-state index in [-0.39, 0.29) is 5.16 Å². The molecular formula is C13H6F5N3OS. The summed E-state index contributed by atoms with van der Waals surface area (Å²) in [6.07, 6.45) is 2.81. The lowest BCUT2D eigenvalue weighted by atomic mass is 10.2. The molecule has 0 aliphatic carbocycles. The summed E-state index contributed by atoms with van der Waals surface area (Å²) in [5, 5.41) is -0.156. The van der Waals surface area contributed by atoms with Crippen molar-refractivity contribution >= 4 is 22.2 Å². The van der Waals surface area contributed by atoms with Crippen molar-refractivity contribution in [3.8, 4) is 0 Å². The summed E-state index contributed by atoms with van der Waals surface area (Å²) in [4.78, 5) is 10.3. The third-order valence-electron chi connectivity index (χ3n) is 3.06. The summed E-state index contributed by atoms with van der Waals surface area (Å²) >= 11 is -2.14. The van der Waals surface area contributed by atoms with E-state index in [1.165, 1.54) is 18.5 Å². The average molecular weight is 347 g/mol. The van der Waals surface area contributed by atoms with Gasteiger partial charge in [0, 0.05) is 17.4 Å². The highest BCUT2D eigenvalue weighted by Crippen LogP contribution is 2.26. The minimum atomic E-state index is -2.26. The number of imidazole rings is 1. The largest absolute Gasteiger partial charge is 0.609 e. The Morgan fingerprint density at radius 3 is 2.22 bits per heavy atom. The van der Waals surface area contributed by atoms with Gasteiger partial charge in [0.15, 0.2) is 23.3 Å². The Kier molecular flexibility index (Phi) is 3.94. The van der Waals surface area contributed by atoms with E-state index >= 15 is 0 Å². The third-order valence-corrected chi connectivity index (χ3v) is 4.23. The predicted octanol–water partition coefficient (Wildman–Crippen LogP) is 2.96. The number of nitrogens with one attached hydrogen (secondary N) is 1. The zero-order valence-electron chi connectivity index (χ0n) is 11.0. The highest BCUT2D eigenvalue weighted by Gasteiger charge is 2.30. The number of nitrogens with zero attached hydrogens (tertiary/aromatic N) is 2. The van der Waals surface area contributed by atoms with Crippen molar-refractivity contribution in [2.24, 2.45) is 0 Å². The quantitative estimate of drug-likeness (QED) is 0.343. The molecule has 4 nitrogen and oxygen atoms in total. The first-order valence-corrected chi connectivity index (χ1v) is 7.40. The summed E-state index contributed by atoms with van der Waals surface area (Å²) in [6.45, 7) is 0. The van der Waals surface area contributed by atoms with Gasteiger partial charge in [-0.05, 0) is 6.07 Å². The first-order chi connectivity index (χ1) is 10.9. The predicted molar refractivity (Wildman–Crippen MR) is 70.2 cm³/mol. The van der Waals surface area contributed by atoms with Gasteiger partial charge in [0.05, 0.1) is 17.3 Å². The van der Waals surface area contributed by atoms with Gasteiger partial charge in [-0.3, -0.25) is 9.97 Å². The number of halogens is 5. The van der Waals surface area contributed by atoms with Crippen molar-refractivity contribution in [2.75, 3.05) is 0 Å². The molecule has 0 saturated carbocycles. The van der Waals surface area contributed by atoms with Crippen molar-refractivity contribution in [1.29, 1.82) is 0 Å². The lowest BCUT2D eigenvalue weighted by molar-refractivity contribution is 0.372. The number of benzene rings is 1. The molecule has 0 saturated heterocycles. The van der Waals surface area contributed by atoms with Crippen LogP contribution >= 0.6 is 0 Å². The van der Waals surface area contributed by atoms with Crippen LogP contribution in [0.5, 0.6) is 0 Å². The molecule has 1 unspecified atom stereocenters. The van der Waals surface area contributed by atoms with E-state index in [4.69, 9.17) is 0 Å². The Labute approximate surface area is 128 Å². The molecule has 3 aromatic rings. The average Bonchev–Trinajstić information content (AvgIpc) is 2.99. The van der Waals surface area contributed by atoms with Crippen LogP contribution in [0, 0.1) is 29.1 Å². The summed E-state index contributed by atoms with van der Waals surface area (Å²) in [5.41, 5.74) is -0.327. The van der Waals surface area contributed by atoms with Gasteiger partial charge in [-0.2, -0.15) is 4.98 Å². The van der Waals surface area contributed by atoms with Gasteiger partial charge in [-0.1, -0.05) is 0 Å². The van der Waals surface area contributed by atoms with Crippen LogP contribution < -0.4 is 0 Å². The van der Waals surface area contributed by atoms with Crippen molar-refractivity contribution < 1.29 is 26.5 Å². The molecule has 10 heteroatoms. The molecule has 0 radical (unpaired) electrons. The Morgan fingerprint density at radius 2 is 1.61 bits per heavy atom. The number of pyridine rings is 1. The number of fused-ring (bicyclic) bond motifs is 1. The first kappa shape index (κ1) is 15.7. The molecule has 1 atom stereocenters. The molecule has 1 aromatic carbocycles. The second-order valence-corrected chi connectivity index (χ2v) is 5.84. The molecule has 3 rings (SSSR count). The molecule has 23 heavy (non-hydrogen) atoms. The molecule has 2 aromatic heterocycles. The van der Waals surface area contributed by atoms with Crippen molar-refractivity contribution in [3.63, 3.8) is 0 Å². The summed E-state index contributed by atoms with van der Waals surface area (Å²) in [5.74, 6) is -11.3. The molecule has 0 amide bonds. The lowest BCUT2D eigenvalue weighted by Gasteiger charge is -2.10. The fourth-order valence-corrected chi connectivity index (χ4v) is 2.99. The minimum absolute atomic E-state index is 0.156. The van der Waals surface area contributed by atoms with Crippen LogP contribution in [0.4, 0.5) is 22.0 Å². The van der Waals surface area contributed by atoms with E-state index in [1.54, 1.807) is 0 Å². The number of H-pyrrole nitrogens is 1. The summed E-state index contributed by atoms with van der Waals surface area (Å²) in [6, 6.07) is 1.53. The number of aromatic amines is 1. The fraction of sp³-hybridized carbons (Fsp3) is 0.0769. The van der Waals surface area contributed by atoms with E-state index in [2.05, 4.69) is 15.0 Å². The molecule has 0 spiro atoms. The van der Waals surface area contributed by atoms with Gasteiger partial charge in [0.1, 0.15) is 11.3 Å². The van der Waals surface area contributed by atoms with Crippen LogP contribution in [-0.2, 0) is 16.9 Å². The van der Waals surface area contributed by atoms with Crippen molar-refractivity contribution in [1.82, 2.24) is 15.0 Å². The van der Waals surface area contributed by atoms with Crippen LogP contribution in [-0.4, -0.2) is 19.5 Å². The highest BCUT2D eigenvalue weighted by atomic mass is 32.2. The monoisotopic (exact) mass is 347 g/mol.